The molecule has 1 N–H and O–H groups in total. The van der Waals surface area contributed by atoms with Crippen LogP contribution in [-0.2, 0) is 0 Å². The number of hydrogen-bond acceptors (Lipinski definition) is 1. The molecule has 0 saturated carbocycles. The normalized spacial score (nSPS) is 11.2. The lowest BCUT2D eigenvalue weighted by Gasteiger charge is -2.09. The van der Waals surface area contributed by atoms with Crippen LogP contribution in [0.5, 0.6) is 5.75 Å². The first kappa shape index (κ1) is 14.8. The van der Waals surface area contributed by atoms with Crippen LogP contribution >= 0.6 is 0 Å². The van der Waals surface area contributed by atoms with Crippen LogP contribution in [0.4, 0.5) is 0 Å². The van der Waals surface area contributed by atoms with Crippen LogP contribution in [0.2, 0.25) is 0 Å². The van der Waals surface area contributed by atoms with Crippen molar-refractivity contribution in [3.05, 3.63) is 97.1 Å². The van der Waals surface area contributed by atoms with Gasteiger partial charge in [0.1, 0.15) is 5.75 Å². The molecule has 124 valence electrons. The number of phenolic OH excluding ortho intramolecular Hbond substituents is 1. The predicted octanol–water partition coefficient (Wildman–Crippen LogP) is 6.16. The molecule has 0 spiro atoms. The molecule has 0 bridgehead atoms. The Kier molecular flexibility index (Phi) is 3.29. The van der Waals surface area contributed by atoms with Crippen LogP contribution in [-0.4, -0.2) is 9.67 Å². The average Bonchev–Trinajstić information content (AvgIpc) is 3.02. The van der Waals surface area contributed by atoms with Gasteiger partial charge in [0.2, 0.25) is 0 Å². The number of para-hydroxylation sites is 2. The summed E-state index contributed by atoms with van der Waals surface area (Å²) in [6, 6.07) is 32.7. The summed E-state index contributed by atoms with van der Waals surface area (Å²) < 4.78 is 2.21. The molecule has 0 unspecified atom stereocenters. The summed E-state index contributed by atoms with van der Waals surface area (Å²) in [5, 5.41) is 13.1. The standard InChI is InChI=1S/C24H17NO/c26-24-16-23-21(15-20(24)17-9-3-1-4-10-17)19-13-7-8-14-22(19)25(23)18-11-5-2-6-12-18/h1-16,26H. The molecule has 26 heavy (non-hydrogen) atoms. The Morgan fingerprint density at radius 1 is 0.577 bits per heavy atom. The minimum Gasteiger partial charge on any atom is -0.507 e. The molecule has 0 aliphatic heterocycles. The van der Waals surface area contributed by atoms with Crippen LogP contribution in [0.25, 0.3) is 38.6 Å². The Hall–Kier alpha value is -3.52. The van der Waals surface area contributed by atoms with Gasteiger partial charge in [-0.2, -0.15) is 0 Å². The fourth-order valence-corrected chi connectivity index (χ4v) is 3.71. The smallest absolute Gasteiger partial charge is 0.125 e. The second-order valence-electron chi connectivity index (χ2n) is 6.44. The molecular formula is C24H17NO. The maximum atomic E-state index is 10.7. The zero-order valence-corrected chi connectivity index (χ0v) is 14.1. The number of phenols is 1. The summed E-state index contributed by atoms with van der Waals surface area (Å²) in [5.74, 6) is 0.295. The van der Waals surface area contributed by atoms with Gasteiger partial charge in [-0.15, -0.1) is 0 Å². The first-order chi connectivity index (χ1) is 12.8. The van der Waals surface area contributed by atoms with Crippen molar-refractivity contribution in [3.63, 3.8) is 0 Å². The molecule has 0 atom stereocenters. The molecule has 2 heteroatoms. The van der Waals surface area contributed by atoms with E-state index >= 15 is 0 Å². The molecule has 4 aromatic carbocycles. The highest BCUT2D eigenvalue weighted by molar-refractivity contribution is 6.11. The number of nitrogens with zero attached hydrogens (tertiary/aromatic N) is 1. The second-order valence-corrected chi connectivity index (χ2v) is 6.44. The molecular weight excluding hydrogens is 318 g/mol. The molecule has 1 heterocycles. The van der Waals surface area contributed by atoms with Gasteiger partial charge < -0.3 is 9.67 Å². The van der Waals surface area contributed by atoms with E-state index in [0.29, 0.717) is 5.75 Å². The van der Waals surface area contributed by atoms with E-state index in [2.05, 4.69) is 47.0 Å². The maximum Gasteiger partial charge on any atom is 0.125 e. The molecule has 0 amide bonds. The van der Waals surface area contributed by atoms with E-state index in [0.717, 1.165) is 33.2 Å². The summed E-state index contributed by atoms with van der Waals surface area (Å²) >= 11 is 0. The Labute approximate surface area is 151 Å². The molecule has 0 fully saturated rings. The number of aromatic hydroxyl groups is 1. The molecule has 0 aliphatic rings. The van der Waals surface area contributed by atoms with E-state index in [4.69, 9.17) is 0 Å². The van der Waals surface area contributed by atoms with Gasteiger partial charge in [0, 0.05) is 28.1 Å². The van der Waals surface area contributed by atoms with Gasteiger partial charge in [-0.05, 0) is 29.8 Å². The third-order valence-corrected chi connectivity index (χ3v) is 4.89. The topological polar surface area (TPSA) is 25.2 Å². The molecule has 0 saturated heterocycles. The summed E-state index contributed by atoms with van der Waals surface area (Å²) in [4.78, 5) is 0. The summed E-state index contributed by atoms with van der Waals surface area (Å²) in [6.45, 7) is 0. The van der Waals surface area contributed by atoms with E-state index in [-0.39, 0.29) is 0 Å². The minimum absolute atomic E-state index is 0.295. The fraction of sp³-hybridized carbons (Fsp3) is 0. The van der Waals surface area contributed by atoms with Gasteiger partial charge in [0.15, 0.2) is 0 Å². The number of benzene rings is 4. The lowest BCUT2D eigenvalue weighted by molar-refractivity contribution is 0.478. The summed E-state index contributed by atoms with van der Waals surface area (Å²) in [5.41, 5.74) is 5.11. The highest BCUT2D eigenvalue weighted by Crippen LogP contribution is 2.39. The van der Waals surface area contributed by atoms with Crippen LogP contribution in [0, 0.1) is 0 Å². The second kappa shape index (κ2) is 5.78. The van der Waals surface area contributed by atoms with Crippen molar-refractivity contribution in [1.82, 2.24) is 4.57 Å². The third-order valence-electron chi connectivity index (χ3n) is 4.89. The van der Waals surface area contributed by atoms with Crippen molar-refractivity contribution < 1.29 is 5.11 Å². The van der Waals surface area contributed by atoms with Gasteiger partial charge in [-0.1, -0.05) is 66.7 Å². The third kappa shape index (κ3) is 2.20. The van der Waals surface area contributed by atoms with Crippen molar-refractivity contribution in [2.75, 3.05) is 0 Å². The number of fused-ring (bicyclic) bond motifs is 3. The zero-order chi connectivity index (χ0) is 17.5. The van der Waals surface area contributed by atoms with Crippen LogP contribution in [0.15, 0.2) is 97.1 Å². The van der Waals surface area contributed by atoms with Gasteiger partial charge in [-0.25, -0.2) is 0 Å². The van der Waals surface area contributed by atoms with Crippen LogP contribution in [0.1, 0.15) is 0 Å². The number of rotatable bonds is 2. The van der Waals surface area contributed by atoms with E-state index in [1.165, 1.54) is 5.39 Å². The van der Waals surface area contributed by atoms with Crippen molar-refractivity contribution in [2.45, 2.75) is 0 Å². The molecule has 1 aromatic heterocycles. The monoisotopic (exact) mass is 335 g/mol. The Balaban J connectivity index is 1.90. The Bertz CT molecular complexity index is 1220. The van der Waals surface area contributed by atoms with Gasteiger partial charge in [-0.3, -0.25) is 0 Å². The van der Waals surface area contributed by atoms with E-state index in [1.54, 1.807) is 0 Å². The van der Waals surface area contributed by atoms with E-state index in [1.807, 2.05) is 54.6 Å². The predicted molar refractivity (Wildman–Crippen MR) is 108 cm³/mol. The average molecular weight is 335 g/mol. The van der Waals surface area contributed by atoms with Crippen molar-refractivity contribution in [1.29, 1.82) is 0 Å². The van der Waals surface area contributed by atoms with Gasteiger partial charge in [0.05, 0.1) is 11.0 Å². The fourth-order valence-electron chi connectivity index (χ4n) is 3.71. The quantitative estimate of drug-likeness (QED) is 0.411. The van der Waals surface area contributed by atoms with Crippen molar-refractivity contribution in [2.24, 2.45) is 0 Å². The lowest BCUT2D eigenvalue weighted by atomic mass is 10.0. The van der Waals surface area contributed by atoms with E-state index in [9.17, 15) is 5.11 Å². The summed E-state index contributed by atoms with van der Waals surface area (Å²) in [7, 11) is 0. The zero-order valence-electron chi connectivity index (χ0n) is 14.1. The van der Waals surface area contributed by atoms with Gasteiger partial charge >= 0.3 is 0 Å². The van der Waals surface area contributed by atoms with Crippen LogP contribution < -0.4 is 0 Å². The molecule has 2 nitrogen and oxygen atoms in total. The number of aromatic nitrogens is 1. The molecule has 5 aromatic rings. The highest BCUT2D eigenvalue weighted by Gasteiger charge is 2.15. The van der Waals surface area contributed by atoms with Crippen LogP contribution in [0.3, 0.4) is 0 Å². The van der Waals surface area contributed by atoms with Crippen molar-refractivity contribution in [3.8, 4) is 22.6 Å². The van der Waals surface area contributed by atoms with Gasteiger partial charge in [0.25, 0.3) is 0 Å². The molecule has 0 radical (unpaired) electrons. The first-order valence-electron chi connectivity index (χ1n) is 8.70. The number of hydrogen-bond donors (Lipinski definition) is 1. The minimum atomic E-state index is 0.295. The highest BCUT2D eigenvalue weighted by atomic mass is 16.3. The van der Waals surface area contributed by atoms with E-state index < -0.39 is 0 Å². The SMILES string of the molecule is Oc1cc2c(cc1-c1ccccc1)c1ccccc1n2-c1ccccc1. The van der Waals surface area contributed by atoms with Crippen molar-refractivity contribution >= 4 is 21.8 Å². The molecule has 0 aliphatic carbocycles. The molecule has 5 rings (SSSR count). The first-order valence-corrected chi connectivity index (χ1v) is 8.70. The Morgan fingerprint density at radius 3 is 2.00 bits per heavy atom. The Morgan fingerprint density at radius 2 is 1.23 bits per heavy atom. The lowest BCUT2D eigenvalue weighted by Crippen LogP contribution is -1.93. The largest absolute Gasteiger partial charge is 0.507 e. The maximum absolute atomic E-state index is 10.7. The summed E-state index contributed by atoms with van der Waals surface area (Å²) in [6.07, 6.45) is 0.